The molecule has 120 valence electrons. The van der Waals surface area contributed by atoms with Gasteiger partial charge in [0.25, 0.3) is 0 Å². The van der Waals surface area contributed by atoms with Crippen molar-refractivity contribution in [3.05, 3.63) is 52.5 Å². The molecule has 7 heteroatoms. The van der Waals surface area contributed by atoms with Crippen molar-refractivity contribution < 1.29 is 18.3 Å². The Morgan fingerprint density at radius 2 is 2.00 bits per heavy atom. The minimum absolute atomic E-state index is 0.0281. The molecule has 2 rings (SSSR count). The minimum atomic E-state index is -2.93. The molecule has 1 N–H and O–H groups in total. The molecule has 0 saturated heterocycles. The summed E-state index contributed by atoms with van der Waals surface area (Å²) in [5.74, 6) is 0.204. The van der Waals surface area contributed by atoms with Gasteiger partial charge in [0.15, 0.2) is 11.5 Å². The van der Waals surface area contributed by atoms with Crippen molar-refractivity contribution in [3.63, 3.8) is 0 Å². The number of halogens is 3. The van der Waals surface area contributed by atoms with E-state index in [0.29, 0.717) is 22.8 Å². The lowest BCUT2D eigenvalue weighted by Gasteiger charge is -2.12. The van der Waals surface area contributed by atoms with Crippen molar-refractivity contribution >= 4 is 17.3 Å². The number of nitrogens with one attached hydrogen (secondary N) is 1. The van der Waals surface area contributed by atoms with Crippen LogP contribution in [0, 0.1) is 11.3 Å². The fourth-order valence-corrected chi connectivity index (χ4v) is 2.16. The number of nitriles is 1. The van der Waals surface area contributed by atoms with Crippen LogP contribution >= 0.6 is 11.6 Å². The monoisotopic (exact) mass is 338 g/mol. The summed E-state index contributed by atoms with van der Waals surface area (Å²) >= 11 is 5.95. The molecule has 0 saturated carbocycles. The van der Waals surface area contributed by atoms with Gasteiger partial charge in [-0.05, 0) is 35.9 Å². The van der Waals surface area contributed by atoms with Gasteiger partial charge in [0, 0.05) is 12.2 Å². The predicted octanol–water partition coefficient (Wildman–Crippen LogP) is 4.43. The largest absolute Gasteiger partial charge is 0.493 e. The zero-order chi connectivity index (χ0) is 16.8. The maximum Gasteiger partial charge on any atom is 0.387 e. The second kappa shape index (κ2) is 7.65. The van der Waals surface area contributed by atoms with E-state index < -0.39 is 6.61 Å². The summed E-state index contributed by atoms with van der Waals surface area (Å²) in [7, 11) is 1.38. The van der Waals surface area contributed by atoms with Crippen molar-refractivity contribution in [3.8, 4) is 17.6 Å². The molecule has 0 aliphatic carbocycles. The Bertz CT molecular complexity index is 733. The highest BCUT2D eigenvalue weighted by molar-refractivity contribution is 6.32. The van der Waals surface area contributed by atoms with Gasteiger partial charge in [0.05, 0.1) is 17.7 Å². The molecule has 0 heterocycles. The van der Waals surface area contributed by atoms with Crippen LogP contribution < -0.4 is 14.8 Å². The van der Waals surface area contributed by atoms with Crippen LogP contribution in [0.15, 0.2) is 36.4 Å². The van der Waals surface area contributed by atoms with Crippen molar-refractivity contribution in [1.82, 2.24) is 0 Å². The van der Waals surface area contributed by atoms with Gasteiger partial charge in [-0.25, -0.2) is 0 Å². The van der Waals surface area contributed by atoms with Gasteiger partial charge in [-0.1, -0.05) is 17.7 Å². The van der Waals surface area contributed by atoms with Crippen molar-refractivity contribution in [2.24, 2.45) is 0 Å². The molecule has 2 aromatic rings. The Labute approximate surface area is 137 Å². The van der Waals surface area contributed by atoms with Crippen LogP contribution in [0.3, 0.4) is 0 Å². The highest BCUT2D eigenvalue weighted by Gasteiger charge is 2.11. The first kappa shape index (κ1) is 16.8. The number of methoxy groups -OCH3 is 1. The zero-order valence-corrected chi connectivity index (χ0v) is 12.9. The third-order valence-electron chi connectivity index (χ3n) is 3.03. The van der Waals surface area contributed by atoms with E-state index in [4.69, 9.17) is 21.6 Å². The average molecular weight is 339 g/mol. The van der Waals surface area contributed by atoms with Crippen LogP contribution in [0.25, 0.3) is 0 Å². The summed E-state index contributed by atoms with van der Waals surface area (Å²) in [6, 6.07) is 11.7. The minimum Gasteiger partial charge on any atom is -0.493 e. The summed E-state index contributed by atoms with van der Waals surface area (Å²) < 4.78 is 34.2. The van der Waals surface area contributed by atoms with Crippen LogP contribution in [0.4, 0.5) is 14.5 Å². The number of rotatable bonds is 6. The normalized spacial score (nSPS) is 10.3. The fraction of sp³-hybridized carbons (Fsp3) is 0.188. The molecular formula is C16H13ClF2N2O2. The molecule has 4 nitrogen and oxygen atoms in total. The summed E-state index contributed by atoms with van der Waals surface area (Å²) in [5.41, 5.74) is 1.82. The molecule has 0 fully saturated rings. The molecule has 0 amide bonds. The first-order chi connectivity index (χ1) is 11.0. The lowest BCUT2D eigenvalue weighted by molar-refractivity contribution is -0.0512. The average Bonchev–Trinajstić information content (AvgIpc) is 2.52. The molecule has 0 unspecified atom stereocenters. The molecular weight excluding hydrogens is 326 g/mol. The van der Waals surface area contributed by atoms with E-state index in [1.54, 1.807) is 30.3 Å². The standard InChI is InChI=1S/C16H13ClF2N2O2/c1-22-14-5-2-10(6-15(14)23-16(18)19)9-21-12-4-3-11(8-20)13(17)7-12/h2-7,16,21H,9H2,1H3. The van der Waals surface area contributed by atoms with Gasteiger partial charge < -0.3 is 14.8 Å². The SMILES string of the molecule is COc1ccc(CNc2ccc(C#N)c(Cl)c2)cc1OC(F)F. The van der Waals surface area contributed by atoms with Gasteiger partial charge in [0.2, 0.25) is 0 Å². The quantitative estimate of drug-likeness (QED) is 0.846. The lowest BCUT2D eigenvalue weighted by Crippen LogP contribution is -2.05. The van der Waals surface area contributed by atoms with Crippen LogP contribution in [0.1, 0.15) is 11.1 Å². The molecule has 0 aliphatic heterocycles. The molecule has 0 spiro atoms. The third kappa shape index (κ3) is 4.47. The van der Waals surface area contributed by atoms with E-state index in [-0.39, 0.29) is 11.5 Å². The first-order valence-electron chi connectivity index (χ1n) is 6.58. The highest BCUT2D eigenvalue weighted by Crippen LogP contribution is 2.30. The smallest absolute Gasteiger partial charge is 0.387 e. The molecule has 0 bridgehead atoms. The lowest BCUT2D eigenvalue weighted by atomic mass is 10.2. The Balaban J connectivity index is 2.11. The molecule has 2 aromatic carbocycles. The van der Waals surface area contributed by atoms with Crippen molar-refractivity contribution in [1.29, 1.82) is 5.26 Å². The first-order valence-corrected chi connectivity index (χ1v) is 6.96. The van der Waals surface area contributed by atoms with E-state index in [1.807, 2.05) is 6.07 Å². The summed E-state index contributed by atoms with van der Waals surface area (Å²) in [4.78, 5) is 0. The molecule has 0 aliphatic rings. The van der Waals surface area contributed by atoms with Crippen LogP contribution in [-0.4, -0.2) is 13.7 Å². The maximum absolute atomic E-state index is 12.4. The highest BCUT2D eigenvalue weighted by atomic mass is 35.5. The summed E-state index contributed by atoms with van der Waals surface area (Å²) in [6.45, 7) is -2.56. The van der Waals surface area contributed by atoms with E-state index >= 15 is 0 Å². The molecule has 0 aromatic heterocycles. The van der Waals surface area contributed by atoms with Crippen LogP contribution in [-0.2, 0) is 6.54 Å². The zero-order valence-electron chi connectivity index (χ0n) is 12.1. The Hall–Kier alpha value is -2.52. The Morgan fingerprint density at radius 1 is 1.22 bits per heavy atom. The summed E-state index contributed by atoms with van der Waals surface area (Å²) in [5, 5.41) is 12.3. The summed E-state index contributed by atoms with van der Waals surface area (Å²) in [6.07, 6.45) is 0. The number of nitrogens with zero attached hydrogens (tertiary/aromatic N) is 1. The predicted molar refractivity (Wildman–Crippen MR) is 83.1 cm³/mol. The maximum atomic E-state index is 12.4. The van der Waals surface area contributed by atoms with E-state index in [0.717, 1.165) is 5.56 Å². The van der Waals surface area contributed by atoms with Gasteiger partial charge in [0.1, 0.15) is 6.07 Å². The Kier molecular flexibility index (Phi) is 5.61. The number of hydrogen-bond donors (Lipinski definition) is 1. The van der Waals surface area contributed by atoms with Crippen LogP contribution in [0.5, 0.6) is 11.5 Å². The van der Waals surface area contributed by atoms with E-state index in [9.17, 15) is 8.78 Å². The topological polar surface area (TPSA) is 54.3 Å². The number of anilines is 1. The molecule has 23 heavy (non-hydrogen) atoms. The van der Waals surface area contributed by atoms with E-state index in [1.165, 1.54) is 13.2 Å². The van der Waals surface area contributed by atoms with Gasteiger partial charge in [-0.2, -0.15) is 14.0 Å². The second-order valence-electron chi connectivity index (χ2n) is 4.52. The fourth-order valence-electron chi connectivity index (χ4n) is 1.94. The number of benzene rings is 2. The van der Waals surface area contributed by atoms with Gasteiger partial charge in [-0.3, -0.25) is 0 Å². The molecule has 0 radical (unpaired) electrons. The van der Waals surface area contributed by atoms with Crippen molar-refractivity contribution in [2.45, 2.75) is 13.2 Å². The second-order valence-corrected chi connectivity index (χ2v) is 4.93. The Morgan fingerprint density at radius 3 is 2.61 bits per heavy atom. The van der Waals surface area contributed by atoms with Crippen LogP contribution in [0.2, 0.25) is 5.02 Å². The van der Waals surface area contributed by atoms with E-state index in [2.05, 4.69) is 10.1 Å². The molecule has 0 atom stereocenters. The van der Waals surface area contributed by atoms with Gasteiger partial charge in [-0.15, -0.1) is 0 Å². The van der Waals surface area contributed by atoms with Crippen molar-refractivity contribution in [2.75, 3.05) is 12.4 Å². The number of alkyl halides is 2. The third-order valence-corrected chi connectivity index (χ3v) is 3.34. The van der Waals surface area contributed by atoms with Gasteiger partial charge >= 0.3 is 6.61 Å². The number of ether oxygens (including phenoxy) is 2. The number of hydrogen-bond acceptors (Lipinski definition) is 4.